The van der Waals surface area contributed by atoms with E-state index in [1.165, 1.54) is 12.1 Å². The first-order chi connectivity index (χ1) is 11.8. The van der Waals surface area contributed by atoms with Gasteiger partial charge in [0.15, 0.2) is 12.4 Å². The highest BCUT2D eigenvalue weighted by atomic mass is 35.5. The molecule has 3 N–H and O–H groups in total. The quantitative estimate of drug-likeness (QED) is 0.399. The smallest absolute Gasteiger partial charge is 0.328 e. The van der Waals surface area contributed by atoms with Crippen molar-refractivity contribution in [3.05, 3.63) is 54.2 Å². The van der Waals surface area contributed by atoms with Crippen LogP contribution in [-0.2, 0) is 4.79 Å². The second kappa shape index (κ2) is 7.35. The van der Waals surface area contributed by atoms with E-state index in [0.29, 0.717) is 0 Å². The molecule has 0 aliphatic rings. The number of nitro groups is 1. The van der Waals surface area contributed by atoms with Crippen LogP contribution in [0.1, 0.15) is 0 Å². The highest BCUT2D eigenvalue weighted by Gasteiger charge is 2.17. The minimum atomic E-state index is -1.06. The molecule has 0 radical (unpaired) electrons. The maximum absolute atomic E-state index is 11.6. The molecule has 0 unspecified atom stereocenters. The van der Waals surface area contributed by atoms with Gasteiger partial charge in [-0.05, 0) is 12.1 Å². The summed E-state index contributed by atoms with van der Waals surface area (Å²) in [6.07, 6.45) is 0. The first-order valence-corrected chi connectivity index (χ1v) is 6.72. The van der Waals surface area contributed by atoms with Gasteiger partial charge in [0, 0.05) is 11.1 Å². The van der Waals surface area contributed by atoms with Crippen molar-refractivity contribution in [2.24, 2.45) is 10.2 Å². The molecule has 1 aromatic carbocycles. The van der Waals surface area contributed by atoms with E-state index in [9.17, 15) is 29.6 Å². The fourth-order valence-electron chi connectivity index (χ4n) is 1.59. The molecule has 0 fully saturated rings. The fraction of sp³-hybridized carbons (Fsp3) is 0.0833. The maximum atomic E-state index is 11.6. The number of azo groups is 1. The van der Waals surface area contributed by atoms with E-state index in [1.54, 1.807) is 4.98 Å². The number of amides is 1. The minimum absolute atomic E-state index is 0.109. The third kappa shape index (κ3) is 4.48. The number of aromatic nitrogens is 2. The van der Waals surface area contributed by atoms with Crippen LogP contribution in [0.2, 0.25) is 5.02 Å². The lowest BCUT2D eigenvalue weighted by Crippen LogP contribution is -2.21. The number of hydrogen-bond donors (Lipinski definition) is 3. The van der Waals surface area contributed by atoms with Crippen molar-refractivity contribution in [1.82, 2.24) is 9.97 Å². The summed E-state index contributed by atoms with van der Waals surface area (Å²) >= 11 is 5.64. The number of aromatic amines is 2. The summed E-state index contributed by atoms with van der Waals surface area (Å²) in [4.78, 5) is 47.6. The second-order valence-corrected chi connectivity index (χ2v) is 4.79. The van der Waals surface area contributed by atoms with Crippen LogP contribution in [0.4, 0.5) is 11.4 Å². The number of H-pyrrole nitrogens is 2. The van der Waals surface area contributed by atoms with E-state index in [-0.39, 0.29) is 10.8 Å². The molecule has 25 heavy (non-hydrogen) atoms. The van der Waals surface area contributed by atoms with E-state index in [0.717, 1.165) is 6.07 Å². The SMILES string of the molecule is O=C(COc1ccc(Cl)cc1[N+](=O)[O-])N=Nc1c(O)[nH]c(=O)[nH]c1=O. The number of carbonyl (C=O) groups excluding carboxylic acids is 1. The Kier molecular flexibility index (Phi) is 5.24. The number of nitrogens with zero attached hydrogens (tertiary/aromatic N) is 3. The van der Waals surface area contributed by atoms with Crippen LogP contribution in [0.3, 0.4) is 0 Å². The van der Waals surface area contributed by atoms with Crippen molar-refractivity contribution < 1.29 is 19.6 Å². The van der Waals surface area contributed by atoms with Gasteiger partial charge in [-0.1, -0.05) is 11.6 Å². The molecular formula is C12H8ClN5O7. The Hall–Kier alpha value is -3.54. The standard InChI is InChI=1S/C12H8ClN5O7/c13-5-1-2-7(6(3-5)18(23)24)25-4-8(19)16-17-9-10(20)14-12(22)15-11(9)21/h1-3H,4H2,(H3,14,15,20,21,22). The first-order valence-electron chi connectivity index (χ1n) is 6.35. The first kappa shape index (κ1) is 17.8. The molecule has 12 nitrogen and oxygen atoms in total. The lowest BCUT2D eigenvalue weighted by molar-refractivity contribution is -0.385. The zero-order valence-electron chi connectivity index (χ0n) is 12.1. The summed E-state index contributed by atoms with van der Waals surface area (Å²) in [5.74, 6) is -2.10. The van der Waals surface area contributed by atoms with Crippen LogP contribution < -0.4 is 16.0 Å². The number of aromatic hydroxyl groups is 1. The molecule has 13 heteroatoms. The van der Waals surface area contributed by atoms with Gasteiger partial charge in [0.1, 0.15) is 0 Å². The predicted octanol–water partition coefficient (Wildman–Crippen LogP) is 1.02. The molecule has 0 bridgehead atoms. The number of ether oxygens (including phenoxy) is 1. The lowest BCUT2D eigenvalue weighted by Gasteiger charge is -2.04. The van der Waals surface area contributed by atoms with Crippen LogP contribution in [0.15, 0.2) is 38.0 Å². The van der Waals surface area contributed by atoms with Gasteiger partial charge in [0.05, 0.1) is 4.92 Å². The molecule has 2 aromatic rings. The fourth-order valence-corrected chi connectivity index (χ4v) is 1.76. The van der Waals surface area contributed by atoms with Gasteiger partial charge in [-0.2, -0.15) is 0 Å². The Morgan fingerprint density at radius 2 is 2.08 bits per heavy atom. The number of nitrogens with one attached hydrogen (secondary N) is 2. The maximum Gasteiger partial charge on any atom is 0.328 e. The number of rotatable bonds is 5. The lowest BCUT2D eigenvalue weighted by atomic mass is 10.3. The summed E-state index contributed by atoms with van der Waals surface area (Å²) in [6, 6.07) is 3.57. The van der Waals surface area contributed by atoms with Gasteiger partial charge < -0.3 is 9.84 Å². The Bertz CT molecular complexity index is 981. The van der Waals surface area contributed by atoms with Crippen LogP contribution in [0, 0.1) is 10.1 Å². The molecule has 0 saturated heterocycles. The zero-order chi connectivity index (χ0) is 18.6. The molecule has 0 saturated carbocycles. The van der Waals surface area contributed by atoms with E-state index in [2.05, 4.69) is 10.2 Å². The molecule has 0 spiro atoms. The van der Waals surface area contributed by atoms with Gasteiger partial charge in [-0.3, -0.25) is 29.7 Å². The van der Waals surface area contributed by atoms with Crippen molar-refractivity contribution in [3.63, 3.8) is 0 Å². The van der Waals surface area contributed by atoms with Gasteiger partial charge >= 0.3 is 17.3 Å². The molecule has 1 heterocycles. The summed E-state index contributed by atoms with van der Waals surface area (Å²) in [5, 5.41) is 26.7. The average Bonchev–Trinajstić information content (AvgIpc) is 2.52. The molecular weight excluding hydrogens is 362 g/mol. The molecule has 0 atom stereocenters. The predicted molar refractivity (Wildman–Crippen MR) is 82.5 cm³/mol. The van der Waals surface area contributed by atoms with E-state index < -0.39 is 45.9 Å². The molecule has 2 rings (SSSR count). The van der Waals surface area contributed by atoms with E-state index >= 15 is 0 Å². The number of nitro benzene ring substituents is 1. The third-order valence-electron chi connectivity index (χ3n) is 2.63. The number of benzene rings is 1. The Balaban J connectivity index is 2.11. The topological polar surface area (TPSA) is 180 Å². The van der Waals surface area contributed by atoms with Crippen LogP contribution in [0.25, 0.3) is 0 Å². The largest absolute Gasteiger partial charge is 0.493 e. The van der Waals surface area contributed by atoms with Crippen LogP contribution in [-0.4, -0.2) is 32.5 Å². The van der Waals surface area contributed by atoms with E-state index in [1.807, 2.05) is 4.98 Å². The normalized spacial score (nSPS) is 10.8. The summed E-state index contributed by atoms with van der Waals surface area (Å²) < 4.78 is 4.97. The highest BCUT2D eigenvalue weighted by molar-refractivity contribution is 6.30. The van der Waals surface area contributed by atoms with Crippen molar-refractivity contribution in [1.29, 1.82) is 0 Å². The average molecular weight is 370 g/mol. The number of halogens is 1. The van der Waals surface area contributed by atoms with E-state index in [4.69, 9.17) is 16.3 Å². The highest BCUT2D eigenvalue weighted by Crippen LogP contribution is 2.29. The molecule has 130 valence electrons. The molecule has 1 aromatic heterocycles. The summed E-state index contributed by atoms with van der Waals surface area (Å²) in [6.45, 7) is -0.728. The van der Waals surface area contributed by atoms with Gasteiger partial charge in [-0.25, -0.2) is 4.79 Å². The Labute approximate surface area is 141 Å². The summed E-state index contributed by atoms with van der Waals surface area (Å²) in [7, 11) is 0. The molecule has 0 aliphatic carbocycles. The second-order valence-electron chi connectivity index (χ2n) is 4.36. The van der Waals surface area contributed by atoms with Gasteiger partial charge in [0.2, 0.25) is 11.6 Å². The minimum Gasteiger partial charge on any atom is -0.493 e. The Morgan fingerprint density at radius 1 is 1.36 bits per heavy atom. The number of hydrogen-bond acceptors (Lipinski definition) is 8. The van der Waals surface area contributed by atoms with Gasteiger partial charge in [-0.15, -0.1) is 10.2 Å². The van der Waals surface area contributed by atoms with Crippen LogP contribution in [0.5, 0.6) is 11.6 Å². The van der Waals surface area contributed by atoms with Crippen LogP contribution >= 0.6 is 11.6 Å². The van der Waals surface area contributed by atoms with Crippen molar-refractivity contribution >= 4 is 28.9 Å². The molecule has 0 aliphatic heterocycles. The zero-order valence-corrected chi connectivity index (χ0v) is 12.8. The molecule has 1 amide bonds. The summed E-state index contributed by atoms with van der Waals surface area (Å²) in [5.41, 5.74) is -3.17. The van der Waals surface area contributed by atoms with Crippen molar-refractivity contribution in [3.8, 4) is 11.6 Å². The van der Waals surface area contributed by atoms with Crippen molar-refractivity contribution in [2.45, 2.75) is 0 Å². The third-order valence-corrected chi connectivity index (χ3v) is 2.86. The number of carbonyl (C=O) groups is 1. The monoisotopic (exact) mass is 369 g/mol. The van der Waals surface area contributed by atoms with Crippen molar-refractivity contribution in [2.75, 3.05) is 6.61 Å². The van der Waals surface area contributed by atoms with Gasteiger partial charge in [0.25, 0.3) is 5.56 Å². The Morgan fingerprint density at radius 3 is 2.72 bits per heavy atom.